The predicted octanol–water partition coefficient (Wildman–Crippen LogP) is 1.55. The maximum absolute atomic E-state index is 13.5. The zero-order valence-corrected chi connectivity index (χ0v) is 23.1. The molecule has 11 heteroatoms. The van der Waals surface area contributed by atoms with Crippen LogP contribution in [-0.4, -0.2) is 71.8 Å². The average molecular weight is 562 g/mol. The van der Waals surface area contributed by atoms with Crippen LogP contribution >= 0.6 is 0 Å². The summed E-state index contributed by atoms with van der Waals surface area (Å²) < 4.78 is 30.9. The summed E-state index contributed by atoms with van der Waals surface area (Å²) in [6.45, 7) is 3.92. The first-order chi connectivity index (χ1) is 19.1. The Morgan fingerprint density at radius 1 is 1.07 bits per heavy atom. The lowest BCUT2D eigenvalue weighted by atomic mass is 9.46. The Morgan fingerprint density at radius 2 is 1.90 bits per heavy atom. The highest BCUT2D eigenvalue weighted by atomic mass is 32.2. The third-order valence-electron chi connectivity index (χ3n) is 9.18. The fourth-order valence-corrected chi connectivity index (χ4v) is 8.90. The van der Waals surface area contributed by atoms with Crippen LogP contribution in [0.2, 0.25) is 0 Å². The zero-order valence-electron chi connectivity index (χ0n) is 22.3. The second kappa shape index (κ2) is 8.71. The van der Waals surface area contributed by atoms with Crippen LogP contribution in [0.5, 0.6) is 0 Å². The number of likely N-dealkylation sites (tertiary alicyclic amines) is 1. The number of hydrogen-bond donors (Lipinski definition) is 1. The van der Waals surface area contributed by atoms with E-state index in [1.165, 1.54) is 11.0 Å². The fraction of sp³-hybridized carbons (Fsp3) is 0.448. The van der Waals surface area contributed by atoms with Crippen LogP contribution in [0.3, 0.4) is 0 Å². The van der Waals surface area contributed by atoms with Crippen molar-refractivity contribution in [2.75, 3.05) is 26.2 Å². The Morgan fingerprint density at radius 3 is 2.73 bits per heavy atom. The molecule has 5 aliphatic heterocycles. The predicted molar refractivity (Wildman–Crippen MR) is 147 cm³/mol. The van der Waals surface area contributed by atoms with Crippen molar-refractivity contribution in [3.63, 3.8) is 0 Å². The number of piperidine rings is 3. The Kier molecular flexibility index (Phi) is 5.53. The summed E-state index contributed by atoms with van der Waals surface area (Å²) in [5.74, 6) is -0.508. The number of nitrogens with zero attached hydrogens (tertiary/aromatic N) is 4. The molecule has 7 heterocycles. The van der Waals surface area contributed by atoms with E-state index in [0.717, 1.165) is 29.6 Å². The first kappa shape index (κ1) is 25.4. The highest BCUT2D eigenvalue weighted by Crippen LogP contribution is 2.63. The highest BCUT2D eigenvalue weighted by molar-refractivity contribution is 7.89. The minimum atomic E-state index is -3.96. The molecule has 3 aromatic rings. The Balaban J connectivity index is 1.04. The van der Waals surface area contributed by atoms with Crippen LogP contribution in [0.15, 0.2) is 58.4 Å². The second-order valence-corrected chi connectivity index (χ2v) is 13.8. The molecule has 4 fully saturated rings. The monoisotopic (exact) mass is 561 g/mol. The molecule has 2 amide bonds. The summed E-state index contributed by atoms with van der Waals surface area (Å²) in [5.41, 5.74) is 1.55. The van der Waals surface area contributed by atoms with Gasteiger partial charge in [-0.2, -0.15) is 4.72 Å². The number of carbonyl (C=O) groups excluding carboxylic acids is 2. The molecule has 1 N–H and O–H groups in total. The van der Waals surface area contributed by atoms with E-state index in [1.54, 1.807) is 30.5 Å². The van der Waals surface area contributed by atoms with Gasteiger partial charge in [0, 0.05) is 66.0 Å². The first-order valence-electron chi connectivity index (χ1n) is 13.7. The zero-order chi connectivity index (χ0) is 27.9. The van der Waals surface area contributed by atoms with Gasteiger partial charge >= 0.3 is 0 Å². The van der Waals surface area contributed by atoms with Gasteiger partial charge in [-0.3, -0.25) is 19.4 Å². The summed E-state index contributed by atoms with van der Waals surface area (Å²) in [6.07, 6.45) is 4.56. The van der Waals surface area contributed by atoms with Gasteiger partial charge in [0.25, 0.3) is 5.56 Å². The number of sulfonamides is 1. The van der Waals surface area contributed by atoms with Crippen LogP contribution in [-0.2, 0) is 31.6 Å². The largest absolute Gasteiger partial charge is 0.340 e. The van der Waals surface area contributed by atoms with E-state index < -0.39 is 16.1 Å². The maximum atomic E-state index is 13.5. The van der Waals surface area contributed by atoms with Gasteiger partial charge in [-0.15, -0.1) is 0 Å². The van der Waals surface area contributed by atoms with Gasteiger partial charge in [-0.05, 0) is 62.3 Å². The van der Waals surface area contributed by atoms with Crippen molar-refractivity contribution in [3.05, 3.63) is 70.4 Å². The van der Waals surface area contributed by atoms with E-state index in [9.17, 15) is 22.8 Å². The average Bonchev–Trinajstić information content (AvgIpc) is 2.90. The molecule has 6 aliphatic rings. The number of aromatic nitrogens is 2. The molecule has 10 nitrogen and oxygen atoms in total. The number of aryl methyl sites for hydroxylation is 1. The van der Waals surface area contributed by atoms with Crippen molar-refractivity contribution in [1.29, 1.82) is 0 Å². The van der Waals surface area contributed by atoms with Gasteiger partial charge in [0.15, 0.2) is 0 Å². The molecular formula is C29H31N5O5S. The first-order valence-corrected chi connectivity index (χ1v) is 15.2. The van der Waals surface area contributed by atoms with Crippen molar-refractivity contribution in [2.24, 2.45) is 5.41 Å². The van der Waals surface area contributed by atoms with E-state index in [2.05, 4.69) is 9.71 Å². The molecule has 9 rings (SSSR count). The Labute approximate surface area is 232 Å². The quantitative estimate of drug-likeness (QED) is 0.505. The van der Waals surface area contributed by atoms with Crippen molar-refractivity contribution in [2.45, 2.75) is 55.5 Å². The van der Waals surface area contributed by atoms with Crippen LogP contribution in [0, 0.1) is 12.3 Å². The number of fused-ring (bicyclic) bond motifs is 3. The van der Waals surface area contributed by atoms with Crippen molar-refractivity contribution < 1.29 is 18.0 Å². The molecule has 0 spiro atoms. The van der Waals surface area contributed by atoms with Crippen LogP contribution in [0.1, 0.15) is 37.1 Å². The smallest absolute Gasteiger partial charge is 0.250 e. The van der Waals surface area contributed by atoms with Crippen molar-refractivity contribution in [3.8, 4) is 0 Å². The molecule has 1 saturated carbocycles. The Hall–Kier alpha value is -3.57. The minimum Gasteiger partial charge on any atom is -0.340 e. The van der Waals surface area contributed by atoms with Gasteiger partial charge in [0.2, 0.25) is 21.8 Å². The topological polar surface area (TPSA) is 122 Å². The van der Waals surface area contributed by atoms with Crippen molar-refractivity contribution >= 4 is 32.6 Å². The third kappa shape index (κ3) is 3.97. The third-order valence-corrected chi connectivity index (χ3v) is 10.6. The number of hydrogen-bond acceptors (Lipinski definition) is 6. The number of carbonyl (C=O) groups is 2. The standard InChI is InChI=1S/C29H31N5O5S/c1-19-10-20-7-8-22(11-21(20)12-30-19)40(38,39)31-23-4-3-9-32(27(23)37)13-26(36)33-16-28-14-29(15-28,18-33)24-5-2-6-25(35)34(24)17-28/h2,5-8,10-12,23,31H,3-4,9,13-18H2,1H3/t23-,28?,29?/m0/s1. The van der Waals surface area contributed by atoms with Crippen LogP contribution in [0.25, 0.3) is 10.8 Å². The summed E-state index contributed by atoms with van der Waals surface area (Å²) in [5, 5.41) is 1.59. The normalized spacial score (nSPS) is 27.3. The molecule has 2 bridgehead atoms. The molecule has 0 radical (unpaired) electrons. The Bertz CT molecular complexity index is 1740. The van der Waals surface area contributed by atoms with Crippen LogP contribution < -0.4 is 10.3 Å². The van der Waals surface area contributed by atoms with Crippen LogP contribution in [0.4, 0.5) is 0 Å². The van der Waals surface area contributed by atoms with Gasteiger partial charge in [0.1, 0.15) is 6.04 Å². The number of nitrogens with one attached hydrogen (secondary N) is 1. The molecule has 0 unspecified atom stereocenters. The van der Waals surface area contributed by atoms with Gasteiger partial charge < -0.3 is 14.4 Å². The van der Waals surface area contributed by atoms with Crippen molar-refractivity contribution in [1.82, 2.24) is 24.1 Å². The van der Waals surface area contributed by atoms with E-state index in [0.29, 0.717) is 44.4 Å². The van der Waals surface area contributed by atoms with E-state index in [1.807, 2.05) is 28.5 Å². The summed E-state index contributed by atoms with van der Waals surface area (Å²) in [4.78, 5) is 46.9. The number of pyridine rings is 2. The van der Waals surface area contributed by atoms with Gasteiger partial charge in [-0.25, -0.2) is 8.42 Å². The molecule has 40 heavy (non-hydrogen) atoms. The molecule has 1 atom stereocenters. The number of amides is 2. The second-order valence-electron chi connectivity index (χ2n) is 12.1. The fourth-order valence-electron chi connectivity index (χ4n) is 7.64. The van der Waals surface area contributed by atoms with E-state index in [4.69, 9.17) is 0 Å². The summed E-state index contributed by atoms with van der Waals surface area (Å²) in [7, 11) is -3.96. The van der Waals surface area contributed by atoms with Gasteiger partial charge in [0.05, 0.1) is 11.4 Å². The lowest BCUT2D eigenvalue weighted by molar-refractivity contribution is -0.161. The minimum absolute atomic E-state index is 0.00767. The molecule has 2 aromatic heterocycles. The molecule has 1 aliphatic carbocycles. The maximum Gasteiger partial charge on any atom is 0.250 e. The number of rotatable bonds is 5. The van der Waals surface area contributed by atoms with E-state index >= 15 is 0 Å². The summed E-state index contributed by atoms with van der Waals surface area (Å²) >= 11 is 0. The lowest BCUT2D eigenvalue weighted by Gasteiger charge is -2.67. The molecule has 208 valence electrons. The lowest BCUT2D eigenvalue weighted by Crippen LogP contribution is -2.72. The molecule has 1 aromatic carbocycles. The number of benzene rings is 1. The molecular weight excluding hydrogens is 530 g/mol. The molecule has 3 saturated heterocycles. The SMILES string of the molecule is Cc1cc2ccc(S(=O)(=O)N[C@H]3CCCN(CC(=O)N4CC56Cn7c(cccc7=O)C(C4)(C5)C6)C3=O)cc2cn1. The summed E-state index contributed by atoms with van der Waals surface area (Å²) in [6, 6.07) is 11.2. The van der Waals surface area contributed by atoms with E-state index in [-0.39, 0.29) is 39.6 Å². The van der Waals surface area contributed by atoms with Gasteiger partial charge in [-0.1, -0.05) is 12.1 Å². The highest BCUT2D eigenvalue weighted by Gasteiger charge is 2.64.